The predicted octanol–water partition coefficient (Wildman–Crippen LogP) is 3.94. The highest BCUT2D eigenvalue weighted by molar-refractivity contribution is 6.04. The first-order chi connectivity index (χ1) is 12.0. The molecule has 5 nitrogen and oxygen atoms in total. The molecule has 1 aromatic heterocycles. The van der Waals surface area contributed by atoms with Gasteiger partial charge in [0.15, 0.2) is 5.69 Å². The van der Waals surface area contributed by atoms with Crippen molar-refractivity contribution >= 4 is 11.6 Å². The number of fused-ring (bicyclic) bond motifs is 3. The number of hydrogen-bond acceptors (Lipinski definition) is 3. The molecule has 0 unspecified atom stereocenters. The highest BCUT2D eigenvalue weighted by Gasteiger charge is 2.24. The number of rotatable bonds is 2. The van der Waals surface area contributed by atoms with Crippen molar-refractivity contribution in [1.82, 2.24) is 9.55 Å². The van der Waals surface area contributed by atoms with Crippen molar-refractivity contribution in [3.05, 3.63) is 70.8 Å². The lowest BCUT2D eigenvalue weighted by Crippen LogP contribution is -2.19. The summed E-state index contributed by atoms with van der Waals surface area (Å²) >= 11 is 0. The Morgan fingerprint density at radius 2 is 1.88 bits per heavy atom. The SMILES string of the molecule is Cc1cc(C)c(NC(=O)c2ncn3c2COc2ccccc2-3)c(C)c1. The van der Waals surface area contributed by atoms with Crippen LogP contribution in [0.15, 0.2) is 42.7 Å². The predicted molar refractivity (Wildman–Crippen MR) is 96.5 cm³/mol. The zero-order valence-electron chi connectivity index (χ0n) is 14.5. The number of aryl methyl sites for hydroxylation is 3. The number of ether oxygens (including phenoxy) is 1. The van der Waals surface area contributed by atoms with Crippen molar-refractivity contribution in [3.8, 4) is 11.4 Å². The van der Waals surface area contributed by atoms with E-state index in [9.17, 15) is 4.79 Å². The first kappa shape index (κ1) is 15.4. The molecule has 0 aliphatic carbocycles. The molecule has 3 aromatic rings. The Morgan fingerprint density at radius 1 is 1.16 bits per heavy atom. The fourth-order valence-corrected chi connectivity index (χ4v) is 3.38. The minimum Gasteiger partial charge on any atom is -0.485 e. The number of amides is 1. The molecule has 0 saturated carbocycles. The van der Waals surface area contributed by atoms with Gasteiger partial charge in [-0.3, -0.25) is 9.36 Å². The lowest BCUT2D eigenvalue weighted by Gasteiger charge is -2.20. The molecule has 0 fully saturated rings. The Labute approximate surface area is 146 Å². The smallest absolute Gasteiger partial charge is 0.276 e. The largest absolute Gasteiger partial charge is 0.485 e. The molecule has 126 valence electrons. The van der Waals surface area contributed by atoms with E-state index in [-0.39, 0.29) is 5.91 Å². The van der Waals surface area contributed by atoms with Gasteiger partial charge in [-0.15, -0.1) is 0 Å². The van der Waals surface area contributed by atoms with E-state index in [4.69, 9.17) is 4.74 Å². The monoisotopic (exact) mass is 333 g/mol. The van der Waals surface area contributed by atoms with Gasteiger partial charge >= 0.3 is 0 Å². The van der Waals surface area contributed by atoms with Gasteiger partial charge in [-0.2, -0.15) is 0 Å². The van der Waals surface area contributed by atoms with Crippen LogP contribution in [0, 0.1) is 20.8 Å². The number of aromatic nitrogens is 2. The maximum absolute atomic E-state index is 12.8. The van der Waals surface area contributed by atoms with Crippen LogP contribution in [0.1, 0.15) is 32.9 Å². The quantitative estimate of drug-likeness (QED) is 0.773. The summed E-state index contributed by atoms with van der Waals surface area (Å²) in [5.41, 5.74) is 6.17. The molecule has 0 spiro atoms. The van der Waals surface area contributed by atoms with Crippen molar-refractivity contribution in [2.75, 3.05) is 5.32 Å². The van der Waals surface area contributed by atoms with Gasteiger partial charge in [0.2, 0.25) is 0 Å². The first-order valence-electron chi connectivity index (χ1n) is 8.22. The van der Waals surface area contributed by atoms with E-state index in [2.05, 4.69) is 22.4 Å². The molecule has 1 amide bonds. The summed E-state index contributed by atoms with van der Waals surface area (Å²) in [7, 11) is 0. The summed E-state index contributed by atoms with van der Waals surface area (Å²) < 4.78 is 7.69. The maximum Gasteiger partial charge on any atom is 0.276 e. The number of para-hydroxylation sites is 2. The molecule has 1 N–H and O–H groups in total. The number of nitrogens with zero attached hydrogens (tertiary/aromatic N) is 2. The molecule has 25 heavy (non-hydrogen) atoms. The average molecular weight is 333 g/mol. The Bertz CT molecular complexity index is 965. The first-order valence-corrected chi connectivity index (χ1v) is 8.22. The van der Waals surface area contributed by atoms with Crippen LogP contribution < -0.4 is 10.1 Å². The molecular weight excluding hydrogens is 314 g/mol. The molecule has 1 aliphatic rings. The minimum absolute atomic E-state index is 0.216. The summed E-state index contributed by atoms with van der Waals surface area (Å²) in [5, 5.41) is 3.01. The van der Waals surface area contributed by atoms with Gasteiger partial charge in [-0.25, -0.2) is 4.98 Å². The van der Waals surface area contributed by atoms with E-state index in [1.807, 2.05) is 49.6 Å². The third-order valence-corrected chi connectivity index (χ3v) is 4.49. The van der Waals surface area contributed by atoms with Crippen molar-refractivity contribution in [2.45, 2.75) is 27.4 Å². The van der Waals surface area contributed by atoms with Gasteiger partial charge in [0, 0.05) is 5.69 Å². The van der Waals surface area contributed by atoms with E-state index in [0.29, 0.717) is 12.3 Å². The van der Waals surface area contributed by atoms with Crippen LogP contribution in [0.2, 0.25) is 0 Å². The number of anilines is 1. The summed E-state index contributed by atoms with van der Waals surface area (Å²) in [6.45, 7) is 6.37. The van der Waals surface area contributed by atoms with Crippen molar-refractivity contribution in [1.29, 1.82) is 0 Å². The van der Waals surface area contributed by atoms with Gasteiger partial charge < -0.3 is 10.1 Å². The van der Waals surface area contributed by atoms with Gasteiger partial charge in [0.25, 0.3) is 5.91 Å². The Morgan fingerprint density at radius 3 is 2.64 bits per heavy atom. The normalized spacial score (nSPS) is 12.1. The van der Waals surface area contributed by atoms with Crippen LogP contribution in [0.4, 0.5) is 5.69 Å². The molecule has 0 bridgehead atoms. The molecule has 2 heterocycles. The van der Waals surface area contributed by atoms with Crippen molar-refractivity contribution < 1.29 is 9.53 Å². The molecule has 1 aliphatic heterocycles. The number of nitrogens with one attached hydrogen (secondary N) is 1. The van der Waals surface area contributed by atoms with Crippen LogP contribution in [-0.2, 0) is 6.61 Å². The van der Waals surface area contributed by atoms with Crippen LogP contribution in [0.5, 0.6) is 5.75 Å². The molecule has 2 aromatic carbocycles. The molecular formula is C20H19N3O2. The van der Waals surface area contributed by atoms with Gasteiger partial charge in [-0.05, 0) is 44.0 Å². The lowest BCUT2D eigenvalue weighted by molar-refractivity contribution is 0.101. The summed E-state index contributed by atoms with van der Waals surface area (Å²) in [6, 6.07) is 11.9. The molecule has 0 atom stereocenters. The molecule has 5 heteroatoms. The minimum atomic E-state index is -0.216. The third-order valence-electron chi connectivity index (χ3n) is 4.49. The highest BCUT2D eigenvalue weighted by Crippen LogP contribution is 2.31. The fraction of sp³-hybridized carbons (Fsp3) is 0.200. The second-order valence-corrected chi connectivity index (χ2v) is 6.39. The number of benzene rings is 2. The molecule has 0 radical (unpaired) electrons. The fourth-order valence-electron chi connectivity index (χ4n) is 3.38. The Balaban J connectivity index is 1.69. The summed E-state index contributed by atoms with van der Waals surface area (Å²) in [4.78, 5) is 17.1. The third kappa shape index (κ3) is 2.58. The summed E-state index contributed by atoms with van der Waals surface area (Å²) in [5.74, 6) is 0.580. The average Bonchev–Trinajstić information content (AvgIpc) is 3.02. The second kappa shape index (κ2) is 5.77. The van der Waals surface area contributed by atoms with Crippen LogP contribution >= 0.6 is 0 Å². The maximum atomic E-state index is 12.8. The zero-order valence-corrected chi connectivity index (χ0v) is 14.5. The van der Waals surface area contributed by atoms with Gasteiger partial charge in [-0.1, -0.05) is 29.8 Å². The van der Waals surface area contributed by atoms with E-state index in [1.54, 1.807) is 6.33 Å². The van der Waals surface area contributed by atoms with E-state index >= 15 is 0 Å². The van der Waals surface area contributed by atoms with E-state index in [0.717, 1.165) is 33.9 Å². The number of hydrogen-bond donors (Lipinski definition) is 1. The van der Waals surface area contributed by atoms with Crippen LogP contribution in [0.25, 0.3) is 5.69 Å². The number of carbonyl (C=O) groups excluding carboxylic acids is 1. The van der Waals surface area contributed by atoms with Crippen molar-refractivity contribution in [2.24, 2.45) is 0 Å². The standard InChI is InChI=1S/C20H19N3O2/c1-12-8-13(2)18(14(3)9-12)22-20(24)19-16-10-25-17-7-5-4-6-15(17)23(16)11-21-19/h4-9,11H,10H2,1-3H3,(H,22,24). The molecule has 4 rings (SSSR count). The zero-order chi connectivity index (χ0) is 17.6. The van der Waals surface area contributed by atoms with E-state index in [1.165, 1.54) is 5.56 Å². The van der Waals surface area contributed by atoms with Gasteiger partial charge in [0.1, 0.15) is 18.7 Å². The van der Waals surface area contributed by atoms with E-state index < -0.39 is 0 Å². The number of carbonyl (C=O) groups is 1. The van der Waals surface area contributed by atoms with Crippen LogP contribution in [-0.4, -0.2) is 15.5 Å². The number of imidazole rings is 1. The Hall–Kier alpha value is -3.08. The van der Waals surface area contributed by atoms with Gasteiger partial charge in [0.05, 0.1) is 11.4 Å². The topological polar surface area (TPSA) is 56.2 Å². The van der Waals surface area contributed by atoms with Crippen LogP contribution in [0.3, 0.4) is 0 Å². The second-order valence-electron chi connectivity index (χ2n) is 6.39. The molecule has 0 saturated heterocycles. The lowest BCUT2D eigenvalue weighted by atomic mass is 10.0. The summed E-state index contributed by atoms with van der Waals surface area (Å²) in [6.07, 6.45) is 1.68. The highest BCUT2D eigenvalue weighted by atomic mass is 16.5. The van der Waals surface area contributed by atoms with Crippen molar-refractivity contribution in [3.63, 3.8) is 0 Å². The Kier molecular flexibility index (Phi) is 3.57.